The summed E-state index contributed by atoms with van der Waals surface area (Å²) in [4.78, 5) is 2.35. The normalized spacial score (nSPS) is 18.3. The minimum atomic E-state index is 0.749. The van der Waals surface area contributed by atoms with Crippen LogP contribution in [0.2, 0.25) is 5.15 Å². The third-order valence-electron chi connectivity index (χ3n) is 2.76. The van der Waals surface area contributed by atoms with Crippen molar-refractivity contribution in [3.05, 3.63) is 16.4 Å². The van der Waals surface area contributed by atoms with Crippen molar-refractivity contribution in [2.24, 2.45) is 7.05 Å². The SMILES string of the molecule is Cc1nn(C)c(Cl)c1CN1CCOCC1. The number of hydrogen-bond donors (Lipinski definition) is 0. The Kier molecular flexibility index (Phi) is 3.29. The first-order valence-corrected chi connectivity index (χ1v) is 5.54. The Balaban J connectivity index is 2.09. The molecule has 1 fully saturated rings. The third kappa shape index (κ3) is 2.33. The summed E-state index contributed by atoms with van der Waals surface area (Å²) >= 11 is 6.18. The quantitative estimate of drug-likeness (QED) is 0.764. The van der Waals surface area contributed by atoms with Crippen LogP contribution >= 0.6 is 11.6 Å². The second-order valence-corrected chi connectivity index (χ2v) is 4.22. The van der Waals surface area contributed by atoms with Gasteiger partial charge in [-0.05, 0) is 6.92 Å². The molecule has 1 aliphatic heterocycles. The van der Waals surface area contributed by atoms with Crippen LogP contribution in [0.1, 0.15) is 11.3 Å². The maximum Gasteiger partial charge on any atom is 0.131 e. The molecule has 1 aliphatic rings. The highest BCUT2D eigenvalue weighted by Crippen LogP contribution is 2.20. The molecule has 2 heterocycles. The summed E-state index contributed by atoms with van der Waals surface area (Å²) in [6.45, 7) is 6.46. The molecule has 0 aliphatic carbocycles. The fraction of sp³-hybridized carbons (Fsp3) is 0.700. The van der Waals surface area contributed by atoms with E-state index in [0.29, 0.717) is 0 Å². The van der Waals surface area contributed by atoms with E-state index < -0.39 is 0 Å². The van der Waals surface area contributed by atoms with Gasteiger partial charge in [-0.25, -0.2) is 0 Å². The summed E-state index contributed by atoms with van der Waals surface area (Å²) < 4.78 is 7.04. The van der Waals surface area contributed by atoms with Crippen molar-refractivity contribution < 1.29 is 4.74 Å². The van der Waals surface area contributed by atoms with Gasteiger partial charge in [0, 0.05) is 32.2 Å². The lowest BCUT2D eigenvalue weighted by Crippen LogP contribution is -2.35. The van der Waals surface area contributed by atoms with Crippen LogP contribution < -0.4 is 0 Å². The summed E-state index contributed by atoms with van der Waals surface area (Å²) in [5.41, 5.74) is 2.16. The zero-order valence-electron chi connectivity index (χ0n) is 9.16. The fourth-order valence-electron chi connectivity index (χ4n) is 1.84. The van der Waals surface area contributed by atoms with Gasteiger partial charge in [0.25, 0.3) is 0 Å². The number of nitrogens with zero attached hydrogens (tertiary/aromatic N) is 3. The van der Waals surface area contributed by atoms with Crippen molar-refractivity contribution in [3.63, 3.8) is 0 Å². The second kappa shape index (κ2) is 4.51. The van der Waals surface area contributed by atoms with E-state index in [1.807, 2.05) is 14.0 Å². The van der Waals surface area contributed by atoms with Gasteiger partial charge in [-0.1, -0.05) is 11.6 Å². The molecule has 0 aromatic carbocycles. The minimum Gasteiger partial charge on any atom is -0.379 e. The summed E-state index contributed by atoms with van der Waals surface area (Å²) in [6.07, 6.45) is 0. The summed E-state index contributed by atoms with van der Waals surface area (Å²) in [5.74, 6) is 0. The van der Waals surface area contributed by atoms with E-state index in [1.54, 1.807) is 4.68 Å². The molecule has 0 saturated carbocycles. The minimum absolute atomic E-state index is 0.749. The average Bonchev–Trinajstić information content (AvgIpc) is 2.47. The number of aryl methyl sites for hydroxylation is 2. The van der Waals surface area contributed by atoms with Crippen LogP contribution in [0.15, 0.2) is 0 Å². The molecule has 1 saturated heterocycles. The van der Waals surface area contributed by atoms with E-state index in [9.17, 15) is 0 Å². The lowest BCUT2D eigenvalue weighted by atomic mass is 10.2. The lowest BCUT2D eigenvalue weighted by Gasteiger charge is -2.26. The van der Waals surface area contributed by atoms with Crippen molar-refractivity contribution in [1.82, 2.24) is 14.7 Å². The third-order valence-corrected chi connectivity index (χ3v) is 3.23. The molecule has 0 bridgehead atoms. The first kappa shape index (κ1) is 10.9. The molecule has 0 spiro atoms. The van der Waals surface area contributed by atoms with Crippen LogP contribution in [0.4, 0.5) is 0 Å². The van der Waals surface area contributed by atoms with Gasteiger partial charge in [-0.2, -0.15) is 5.10 Å². The van der Waals surface area contributed by atoms with Gasteiger partial charge in [0.2, 0.25) is 0 Å². The molecule has 1 aromatic rings. The Morgan fingerprint density at radius 3 is 2.60 bits per heavy atom. The number of aromatic nitrogens is 2. The van der Waals surface area contributed by atoms with E-state index in [4.69, 9.17) is 16.3 Å². The molecule has 1 aromatic heterocycles. The van der Waals surface area contributed by atoms with Gasteiger partial charge in [0.05, 0.1) is 18.9 Å². The molecule has 0 N–H and O–H groups in total. The maximum atomic E-state index is 6.18. The first-order valence-electron chi connectivity index (χ1n) is 5.16. The Hall–Kier alpha value is -0.580. The monoisotopic (exact) mass is 229 g/mol. The van der Waals surface area contributed by atoms with Crippen LogP contribution in [0, 0.1) is 6.92 Å². The second-order valence-electron chi connectivity index (χ2n) is 3.87. The zero-order chi connectivity index (χ0) is 10.8. The molecule has 2 rings (SSSR count). The Labute approximate surface area is 94.8 Å². The van der Waals surface area contributed by atoms with Crippen LogP contribution in [0.3, 0.4) is 0 Å². The van der Waals surface area contributed by atoms with Crippen molar-refractivity contribution in [3.8, 4) is 0 Å². The summed E-state index contributed by atoms with van der Waals surface area (Å²) in [7, 11) is 1.87. The highest BCUT2D eigenvalue weighted by Gasteiger charge is 2.16. The topological polar surface area (TPSA) is 30.3 Å². The highest BCUT2D eigenvalue weighted by atomic mass is 35.5. The van der Waals surface area contributed by atoms with Crippen molar-refractivity contribution >= 4 is 11.6 Å². The van der Waals surface area contributed by atoms with Gasteiger partial charge in [0.1, 0.15) is 5.15 Å². The van der Waals surface area contributed by atoms with Gasteiger partial charge >= 0.3 is 0 Å². The summed E-state index contributed by atoms with van der Waals surface area (Å²) in [6, 6.07) is 0. The van der Waals surface area contributed by atoms with Gasteiger partial charge in [0.15, 0.2) is 0 Å². The Morgan fingerprint density at radius 1 is 1.40 bits per heavy atom. The van der Waals surface area contributed by atoms with Gasteiger partial charge in [-0.15, -0.1) is 0 Å². The standard InChI is InChI=1S/C10H16ClN3O/c1-8-9(10(11)13(2)12-8)7-14-3-5-15-6-4-14/h3-7H2,1-2H3. The van der Waals surface area contributed by atoms with Crippen molar-refractivity contribution in [1.29, 1.82) is 0 Å². The van der Waals surface area contributed by atoms with E-state index in [-0.39, 0.29) is 0 Å². The Bertz CT molecular complexity index is 345. The van der Waals surface area contributed by atoms with Crippen molar-refractivity contribution in [2.75, 3.05) is 26.3 Å². The lowest BCUT2D eigenvalue weighted by molar-refractivity contribution is 0.0341. The highest BCUT2D eigenvalue weighted by molar-refractivity contribution is 6.30. The number of ether oxygens (including phenoxy) is 1. The molecule has 0 atom stereocenters. The average molecular weight is 230 g/mol. The van der Waals surface area contributed by atoms with E-state index in [2.05, 4.69) is 10.00 Å². The number of hydrogen-bond acceptors (Lipinski definition) is 3. The maximum absolute atomic E-state index is 6.18. The molecular weight excluding hydrogens is 214 g/mol. The largest absolute Gasteiger partial charge is 0.379 e. The fourth-order valence-corrected chi connectivity index (χ4v) is 2.07. The molecule has 84 valence electrons. The first-order chi connectivity index (χ1) is 7.18. The van der Waals surface area contributed by atoms with E-state index in [1.165, 1.54) is 0 Å². The number of morpholine rings is 1. The molecule has 0 unspecified atom stereocenters. The zero-order valence-corrected chi connectivity index (χ0v) is 9.92. The predicted octanol–water partition coefficient (Wildman–Crippen LogP) is 1.21. The smallest absolute Gasteiger partial charge is 0.131 e. The molecule has 4 nitrogen and oxygen atoms in total. The van der Waals surface area contributed by atoms with Crippen LogP contribution in [0.5, 0.6) is 0 Å². The van der Waals surface area contributed by atoms with Crippen LogP contribution in [-0.4, -0.2) is 41.0 Å². The molecule has 5 heteroatoms. The van der Waals surface area contributed by atoms with E-state index >= 15 is 0 Å². The van der Waals surface area contributed by atoms with Crippen molar-refractivity contribution in [2.45, 2.75) is 13.5 Å². The molecular formula is C10H16ClN3O. The number of rotatable bonds is 2. The van der Waals surface area contributed by atoms with E-state index in [0.717, 1.165) is 49.3 Å². The Morgan fingerprint density at radius 2 is 2.07 bits per heavy atom. The van der Waals surface area contributed by atoms with Gasteiger partial charge < -0.3 is 4.74 Å². The number of halogens is 1. The molecule has 0 radical (unpaired) electrons. The van der Waals surface area contributed by atoms with Gasteiger partial charge in [-0.3, -0.25) is 9.58 Å². The van der Waals surface area contributed by atoms with Crippen LogP contribution in [0.25, 0.3) is 0 Å². The molecule has 15 heavy (non-hydrogen) atoms. The molecule has 0 amide bonds. The predicted molar refractivity (Wildman–Crippen MR) is 59.1 cm³/mol. The van der Waals surface area contributed by atoms with Crippen LogP contribution in [-0.2, 0) is 18.3 Å². The summed E-state index contributed by atoms with van der Waals surface area (Å²) in [5, 5.41) is 5.05.